The van der Waals surface area contributed by atoms with Gasteiger partial charge in [-0.05, 0) is 55.4 Å². The number of benzene rings is 2. The summed E-state index contributed by atoms with van der Waals surface area (Å²) in [5, 5.41) is 3.80. The summed E-state index contributed by atoms with van der Waals surface area (Å²) in [4.78, 5) is 2.14. The standard InChI is InChI=1S/C17H20ClFN2/c1-12(13-5-4-6-15(18)9-13)21(3)17-8-7-16(19)10-14(17)11-20-2/h4-10,12,20H,11H2,1-3H3. The number of hydrogen-bond donors (Lipinski definition) is 1. The summed E-state index contributed by atoms with van der Waals surface area (Å²) in [5.41, 5.74) is 3.08. The van der Waals surface area contributed by atoms with Crippen molar-refractivity contribution in [2.24, 2.45) is 0 Å². The summed E-state index contributed by atoms with van der Waals surface area (Å²) in [7, 11) is 3.87. The Bertz CT molecular complexity index is 615. The molecule has 0 saturated heterocycles. The Hall–Kier alpha value is -1.58. The van der Waals surface area contributed by atoms with Crippen LogP contribution in [0.2, 0.25) is 5.02 Å². The van der Waals surface area contributed by atoms with E-state index in [-0.39, 0.29) is 11.9 Å². The van der Waals surface area contributed by atoms with Crippen molar-refractivity contribution in [3.05, 3.63) is 64.4 Å². The minimum atomic E-state index is -0.215. The van der Waals surface area contributed by atoms with E-state index in [0.29, 0.717) is 6.54 Å². The van der Waals surface area contributed by atoms with Crippen LogP contribution in [-0.2, 0) is 6.54 Å². The van der Waals surface area contributed by atoms with Crippen molar-refractivity contribution >= 4 is 17.3 Å². The van der Waals surface area contributed by atoms with Crippen molar-refractivity contribution in [2.45, 2.75) is 19.5 Å². The molecule has 1 N–H and O–H groups in total. The van der Waals surface area contributed by atoms with Gasteiger partial charge in [0.05, 0.1) is 6.04 Å². The maximum absolute atomic E-state index is 13.4. The molecule has 0 aliphatic rings. The fraction of sp³-hybridized carbons (Fsp3) is 0.294. The largest absolute Gasteiger partial charge is 0.368 e. The monoisotopic (exact) mass is 306 g/mol. The summed E-state index contributed by atoms with van der Waals surface area (Å²) >= 11 is 6.06. The van der Waals surface area contributed by atoms with Gasteiger partial charge in [0.15, 0.2) is 0 Å². The summed E-state index contributed by atoms with van der Waals surface area (Å²) in [6, 6.07) is 12.9. The molecule has 0 aromatic heterocycles. The van der Waals surface area contributed by atoms with Gasteiger partial charge in [-0.2, -0.15) is 0 Å². The quantitative estimate of drug-likeness (QED) is 0.881. The molecule has 1 atom stereocenters. The minimum Gasteiger partial charge on any atom is -0.368 e. The number of rotatable bonds is 5. The van der Waals surface area contributed by atoms with E-state index in [2.05, 4.69) is 17.1 Å². The van der Waals surface area contributed by atoms with Crippen LogP contribution >= 0.6 is 11.6 Å². The van der Waals surface area contributed by atoms with Gasteiger partial charge in [-0.25, -0.2) is 4.39 Å². The van der Waals surface area contributed by atoms with Gasteiger partial charge in [-0.3, -0.25) is 0 Å². The van der Waals surface area contributed by atoms with Crippen molar-refractivity contribution in [2.75, 3.05) is 19.0 Å². The first-order chi connectivity index (χ1) is 10.0. The second kappa shape index (κ2) is 6.92. The van der Waals surface area contributed by atoms with Crippen LogP contribution in [-0.4, -0.2) is 14.1 Å². The molecular weight excluding hydrogens is 287 g/mol. The molecule has 0 radical (unpaired) electrons. The molecule has 2 rings (SSSR count). The van der Waals surface area contributed by atoms with Gasteiger partial charge in [0.25, 0.3) is 0 Å². The molecule has 0 amide bonds. The van der Waals surface area contributed by atoms with E-state index in [1.54, 1.807) is 6.07 Å². The van der Waals surface area contributed by atoms with Crippen LogP contribution in [0.1, 0.15) is 24.1 Å². The molecule has 0 aliphatic carbocycles. The average molecular weight is 307 g/mol. The zero-order valence-corrected chi connectivity index (χ0v) is 13.3. The fourth-order valence-electron chi connectivity index (χ4n) is 2.43. The molecule has 0 aliphatic heterocycles. The zero-order chi connectivity index (χ0) is 15.4. The molecule has 21 heavy (non-hydrogen) atoms. The molecule has 1 unspecified atom stereocenters. The second-order valence-electron chi connectivity index (χ2n) is 5.15. The molecule has 0 fully saturated rings. The van der Waals surface area contributed by atoms with Crippen molar-refractivity contribution in [3.63, 3.8) is 0 Å². The van der Waals surface area contributed by atoms with Crippen LogP contribution in [0.25, 0.3) is 0 Å². The Labute approximate surface area is 130 Å². The molecule has 2 aromatic carbocycles. The van der Waals surface area contributed by atoms with Crippen LogP contribution in [0.3, 0.4) is 0 Å². The van der Waals surface area contributed by atoms with E-state index in [1.165, 1.54) is 6.07 Å². The fourth-order valence-corrected chi connectivity index (χ4v) is 2.63. The van der Waals surface area contributed by atoms with E-state index in [9.17, 15) is 4.39 Å². The Morgan fingerprint density at radius 3 is 2.67 bits per heavy atom. The van der Waals surface area contributed by atoms with E-state index < -0.39 is 0 Å². The lowest BCUT2D eigenvalue weighted by Gasteiger charge is -2.29. The number of nitrogens with one attached hydrogen (secondary N) is 1. The van der Waals surface area contributed by atoms with Gasteiger partial charge in [-0.1, -0.05) is 23.7 Å². The van der Waals surface area contributed by atoms with E-state index in [4.69, 9.17) is 11.6 Å². The number of anilines is 1. The highest BCUT2D eigenvalue weighted by Gasteiger charge is 2.16. The molecule has 0 heterocycles. The first kappa shape index (κ1) is 15.8. The SMILES string of the molecule is CNCc1cc(F)ccc1N(C)C(C)c1cccc(Cl)c1. The van der Waals surface area contributed by atoms with Gasteiger partial charge < -0.3 is 10.2 Å². The third-order valence-electron chi connectivity index (χ3n) is 3.70. The third kappa shape index (κ3) is 3.74. The lowest BCUT2D eigenvalue weighted by molar-refractivity contribution is 0.622. The second-order valence-corrected chi connectivity index (χ2v) is 5.58. The lowest BCUT2D eigenvalue weighted by atomic mass is 10.0. The first-order valence-corrected chi connectivity index (χ1v) is 7.32. The minimum absolute atomic E-state index is 0.143. The number of halogens is 2. The van der Waals surface area contributed by atoms with Crippen molar-refractivity contribution in [3.8, 4) is 0 Å². The highest BCUT2D eigenvalue weighted by atomic mass is 35.5. The summed E-state index contributed by atoms with van der Waals surface area (Å²) in [5.74, 6) is -0.215. The predicted octanol–water partition coefficient (Wildman–Crippen LogP) is 4.40. The summed E-state index contributed by atoms with van der Waals surface area (Å²) in [6.07, 6.45) is 0. The maximum Gasteiger partial charge on any atom is 0.123 e. The van der Waals surface area contributed by atoms with Crippen LogP contribution in [0.5, 0.6) is 0 Å². The molecule has 0 saturated carbocycles. The van der Waals surface area contributed by atoms with Crippen molar-refractivity contribution in [1.29, 1.82) is 0 Å². The van der Waals surface area contributed by atoms with E-state index in [0.717, 1.165) is 21.8 Å². The zero-order valence-electron chi connectivity index (χ0n) is 12.5. The summed E-state index contributed by atoms with van der Waals surface area (Å²) < 4.78 is 13.4. The smallest absolute Gasteiger partial charge is 0.123 e. The Kier molecular flexibility index (Phi) is 5.21. The highest BCUT2D eigenvalue weighted by Crippen LogP contribution is 2.29. The molecule has 0 bridgehead atoms. The first-order valence-electron chi connectivity index (χ1n) is 6.94. The highest BCUT2D eigenvalue weighted by molar-refractivity contribution is 6.30. The van der Waals surface area contributed by atoms with Gasteiger partial charge in [0, 0.05) is 24.3 Å². The van der Waals surface area contributed by atoms with Crippen LogP contribution in [0.15, 0.2) is 42.5 Å². The topological polar surface area (TPSA) is 15.3 Å². The van der Waals surface area contributed by atoms with Crippen LogP contribution in [0, 0.1) is 5.82 Å². The molecule has 0 spiro atoms. The molecule has 2 aromatic rings. The number of hydrogen-bond acceptors (Lipinski definition) is 2. The predicted molar refractivity (Wildman–Crippen MR) is 87.4 cm³/mol. The molecular formula is C17H20ClFN2. The van der Waals surface area contributed by atoms with Gasteiger partial charge in [-0.15, -0.1) is 0 Å². The van der Waals surface area contributed by atoms with Crippen molar-refractivity contribution in [1.82, 2.24) is 5.32 Å². The van der Waals surface area contributed by atoms with Crippen LogP contribution < -0.4 is 10.2 Å². The van der Waals surface area contributed by atoms with E-state index >= 15 is 0 Å². The molecule has 2 nitrogen and oxygen atoms in total. The van der Waals surface area contributed by atoms with Gasteiger partial charge in [0.2, 0.25) is 0 Å². The Morgan fingerprint density at radius 2 is 2.00 bits per heavy atom. The van der Waals surface area contributed by atoms with E-state index in [1.807, 2.05) is 44.4 Å². The van der Waals surface area contributed by atoms with Crippen molar-refractivity contribution < 1.29 is 4.39 Å². The van der Waals surface area contributed by atoms with Gasteiger partial charge in [0.1, 0.15) is 5.82 Å². The average Bonchev–Trinajstić information content (AvgIpc) is 2.46. The molecule has 112 valence electrons. The third-order valence-corrected chi connectivity index (χ3v) is 3.94. The van der Waals surface area contributed by atoms with Crippen LogP contribution in [0.4, 0.5) is 10.1 Å². The summed E-state index contributed by atoms with van der Waals surface area (Å²) in [6.45, 7) is 2.73. The Balaban J connectivity index is 2.32. The molecule has 4 heteroatoms. The Morgan fingerprint density at radius 1 is 1.24 bits per heavy atom. The lowest BCUT2D eigenvalue weighted by Crippen LogP contribution is -2.24. The normalized spacial score (nSPS) is 12.2. The number of nitrogens with zero attached hydrogens (tertiary/aromatic N) is 1. The van der Waals surface area contributed by atoms with Gasteiger partial charge >= 0.3 is 0 Å². The maximum atomic E-state index is 13.4.